The normalized spacial score (nSPS) is 9.94. The van der Waals surface area contributed by atoms with Gasteiger partial charge in [-0.15, -0.1) is 24.0 Å². The monoisotopic (exact) mass is 344 g/mol. The molecule has 0 rings (SSSR count). The van der Waals surface area contributed by atoms with Crippen LogP contribution in [0.2, 0.25) is 0 Å². The van der Waals surface area contributed by atoms with E-state index >= 15 is 0 Å². The summed E-state index contributed by atoms with van der Waals surface area (Å²) in [6.45, 7) is 6.42. The minimum Gasteiger partial charge on any atom is -0.444 e. The van der Waals surface area contributed by atoms with E-state index in [4.69, 9.17) is 16.2 Å². The molecule has 16 heavy (non-hydrogen) atoms. The zero-order valence-corrected chi connectivity index (χ0v) is 12.3. The van der Waals surface area contributed by atoms with Crippen molar-refractivity contribution in [1.29, 1.82) is 0 Å². The van der Waals surface area contributed by atoms with Crippen molar-refractivity contribution in [2.75, 3.05) is 13.1 Å². The summed E-state index contributed by atoms with van der Waals surface area (Å²) >= 11 is 0. The Bertz CT molecular complexity index is 234. The van der Waals surface area contributed by atoms with Crippen molar-refractivity contribution in [3.63, 3.8) is 0 Å². The summed E-state index contributed by atoms with van der Waals surface area (Å²) in [5, 5.41) is 2.60. The van der Waals surface area contributed by atoms with Crippen LogP contribution in [0.3, 0.4) is 0 Å². The average molecular weight is 344 g/mol. The summed E-state index contributed by atoms with van der Waals surface area (Å²) in [7, 11) is 0. The number of aliphatic imine (C=N–C) groups is 1. The number of nitrogens with two attached hydrogens (primary N) is 2. The Morgan fingerprint density at radius 1 is 1.38 bits per heavy atom. The van der Waals surface area contributed by atoms with Gasteiger partial charge in [0.25, 0.3) is 0 Å². The summed E-state index contributed by atoms with van der Waals surface area (Å²) in [6.07, 6.45) is 0.254. The molecule has 5 N–H and O–H groups in total. The molecule has 0 aliphatic heterocycles. The van der Waals surface area contributed by atoms with Gasteiger partial charge in [0.15, 0.2) is 5.96 Å². The second kappa shape index (κ2) is 8.43. The maximum atomic E-state index is 11.1. The molecule has 0 atom stereocenters. The van der Waals surface area contributed by atoms with E-state index in [1.165, 1.54) is 0 Å². The van der Waals surface area contributed by atoms with Crippen molar-refractivity contribution in [2.24, 2.45) is 16.5 Å². The first kappa shape index (κ1) is 17.7. The smallest absolute Gasteiger partial charge is 0.407 e. The molecular formula is C9H21IN4O2. The maximum absolute atomic E-state index is 11.1. The van der Waals surface area contributed by atoms with E-state index in [0.29, 0.717) is 19.5 Å². The number of alkyl carbamates (subject to hydrolysis) is 1. The van der Waals surface area contributed by atoms with E-state index in [9.17, 15) is 4.79 Å². The molecule has 0 radical (unpaired) electrons. The minimum atomic E-state index is -0.468. The van der Waals surface area contributed by atoms with Crippen LogP contribution in [0, 0.1) is 0 Å². The fourth-order valence-corrected chi connectivity index (χ4v) is 0.792. The second-order valence-electron chi connectivity index (χ2n) is 4.09. The number of amides is 1. The third-order valence-electron chi connectivity index (χ3n) is 1.30. The van der Waals surface area contributed by atoms with Crippen LogP contribution in [0.1, 0.15) is 27.2 Å². The first-order valence-corrected chi connectivity index (χ1v) is 4.83. The topological polar surface area (TPSA) is 103 Å². The zero-order valence-electron chi connectivity index (χ0n) is 9.95. The van der Waals surface area contributed by atoms with Crippen LogP contribution in [0.4, 0.5) is 4.79 Å². The lowest BCUT2D eigenvalue weighted by Gasteiger charge is -2.19. The van der Waals surface area contributed by atoms with Gasteiger partial charge in [0, 0.05) is 13.1 Å². The maximum Gasteiger partial charge on any atom is 0.407 e. The molecule has 1 amide bonds. The molecule has 0 aliphatic carbocycles. The molecule has 6 nitrogen and oxygen atoms in total. The van der Waals surface area contributed by atoms with Crippen LogP contribution >= 0.6 is 24.0 Å². The van der Waals surface area contributed by atoms with E-state index in [-0.39, 0.29) is 29.9 Å². The highest BCUT2D eigenvalue weighted by Gasteiger charge is 2.15. The first-order valence-electron chi connectivity index (χ1n) is 4.83. The molecule has 0 aromatic heterocycles. The van der Waals surface area contributed by atoms with Crippen LogP contribution in [0.15, 0.2) is 4.99 Å². The molecule has 0 heterocycles. The standard InChI is InChI=1S/C9H20N4O2.HI/c1-9(2,3)15-8(14)13-6-4-5-12-7(10)11;/h4-6H2,1-3H3,(H,13,14)(H4,10,11,12);1H. The van der Waals surface area contributed by atoms with Gasteiger partial charge in [-0.3, -0.25) is 4.99 Å². The third kappa shape index (κ3) is 13.3. The third-order valence-corrected chi connectivity index (χ3v) is 1.30. The van der Waals surface area contributed by atoms with Gasteiger partial charge >= 0.3 is 6.09 Å². The summed E-state index contributed by atoms with van der Waals surface area (Å²) in [6, 6.07) is 0. The van der Waals surface area contributed by atoms with Crippen molar-refractivity contribution in [3.8, 4) is 0 Å². The fraction of sp³-hybridized carbons (Fsp3) is 0.778. The van der Waals surface area contributed by atoms with Gasteiger partial charge in [0.2, 0.25) is 0 Å². The van der Waals surface area contributed by atoms with Crippen molar-refractivity contribution < 1.29 is 9.53 Å². The molecule has 0 saturated heterocycles. The van der Waals surface area contributed by atoms with Gasteiger partial charge < -0.3 is 21.5 Å². The summed E-state index contributed by atoms with van der Waals surface area (Å²) in [5.41, 5.74) is 9.80. The number of nitrogens with one attached hydrogen (secondary N) is 1. The summed E-state index contributed by atoms with van der Waals surface area (Å²) in [5.74, 6) is 0.0623. The van der Waals surface area contributed by atoms with Gasteiger partial charge in [-0.05, 0) is 27.2 Å². The number of carbonyl (C=O) groups is 1. The zero-order chi connectivity index (χ0) is 11.9. The van der Waals surface area contributed by atoms with Crippen molar-refractivity contribution in [2.45, 2.75) is 32.8 Å². The Labute approximate surface area is 113 Å². The Kier molecular flexibility index (Phi) is 9.30. The van der Waals surface area contributed by atoms with Crippen LogP contribution in [-0.4, -0.2) is 30.7 Å². The van der Waals surface area contributed by atoms with Gasteiger partial charge in [-0.25, -0.2) is 4.79 Å². The summed E-state index contributed by atoms with van der Waals surface area (Å²) in [4.78, 5) is 14.9. The van der Waals surface area contributed by atoms with Crippen molar-refractivity contribution in [1.82, 2.24) is 5.32 Å². The van der Waals surface area contributed by atoms with Crippen LogP contribution in [-0.2, 0) is 4.74 Å². The summed E-state index contributed by atoms with van der Waals surface area (Å²) < 4.78 is 5.03. The lowest BCUT2D eigenvalue weighted by atomic mass is 10.2. The molecule has 0 unspecified atom stereocenters. The molecule has 0 spiro atoms. The van der Waals surface area contributed by atoms with Gasteiger partial charge in [0.05, 0.1) is 0 Å². The molecule has 0 aliphatic rings. The molecule has 7 heteroatoms. The molecule has 0 saturated carbocycles. The minimum absolute atomic E-state index is 0. The van der Waals surface area contributed by atoms with E-state index in [0.717, 1.165) is 0 Å². The molecule has 0 bridgehead atoms. The van der Waals surface area contributed by atoms with Crippen LogP contribution in [0.25, 0.3) is 0 Å². The number of hydrogen-bond acceptors (Lipinski definition) is 3. The number of hydrogen-bond donors (Lipinski definition) is 3. The van der Waals surface area contributed by atoms with E-state index in [1.54, 1.807) is 0 Å². The van der Waals surface area contributed by atoms with Gasteiger partial charge in [-0.1, -0.05) is 0 Å². The molecule has 0 fully saturated rings. The van der Waals surface area contributed by atoms with Crippen molar-refractivity contribution >= 4 is 36.0 Å². The molecule has 0 aromatic carbocycles. The fourth-order valence-electron chi connectivity index (χ4n) is 0.792. The lowest BCUT2D eigenvalue weighted by molar-refractivity contribution is 0.0527. The number of guanidine groups is 1. The van der Waals surface area contributed by atoms with Gasteiger partial charge in [0.1, 0.15) is 5.60 Å². The Hall–Kier alpha value is -0.730. The molecule has 96 valence electrons. The van der Waals surface area contributed by atoms with Crippen LogP contribution < -0.4 is 16.8 Å². The number of rotatable bonds is 4. The molecular weight excluding hydrogens is 323 g/mol. The number of ether oxygens (including phenoxy) is 1. The number of halogens is 1. The highest BCUT2D eigenvalue weighted by molar-refractivity contribution is 14.0. The average Bonchev–Trinajstić information content (AvgIpc) is 1.99. The highest BCUT2D eigenvalue weighted by atomic mass is 127. The van der Waals surface area contributed by atoms with E-state index in [1.807, 2.05) is 20.8 Å². The SMILES string of the molecule is CC(C)(C)OC(=O)NCCCN=C(N)N.I. The lowest BCUT2D eigenvalue weighted by Crippen LogP contribution is -2.33. The van der Waals surface area contributed by atoms with E-state index < -0.39 is 11.7 Å². The van der Waals surface area contributed by atoms with Gasteiger partial charge in [-0.2, -0.15) is 0 Å². The highest BCUT2D eigenvalue weighted by Crippen LogP contribution is 2.06. The van der Waals surface area contributed by atoms with Crippen molar-refractivity contribution in [3.05, 3.63) is 0 Å². The quantitative estimate of drug-likeness (QED) is 0.304. The van der Waals surface area contributed by atoms with Crippen LogP contribution in [0.5, 0.6) is 0 Å². The van der Waals surface area contributed by atoms with E-state index in [2.05, 4.69) is 10.3 Å². The number of nitrogens with zero attached hydrogens (tertiary/aromatic N) is 1. The first-order chi connectivity index (χ1) is 6.81. The number of carbonyl (C=O) groups excluding carboxylic acids is 1. The Balaban J connectivity index is 0. The Morgan fingerprint density at radius 2 is 1.94 bits per heavy atom. The molecule has 0 aromatic rings. The Morgan fingerprint density at radius 3 is 2.38 bits per heavy atom. The second-order valence-corrected chi connectivity index (χ2v) is 4.09. The predicted octanol–water partition coefficient (Wildman–Crippen LogP) is 0.793. The predicted molar refractivity (Wildman–Crippen MR) is 74.9 cm³/mol. The largest absolute Gasteiger partial charge is 0.444 e.